The van der Waals surface area contributed by atoms with Crippen molar-refractivity contribution in [3.8, 4) is 0 Å². The maximum atomic E-state index is 13.3. The number of benzene rings is 1. The average Bonchev–Trinajstić information content (AvgIpc) is 3.14. The SMILES string of the molecule is CC(OC(=O)c1ccsc1)c1nc2ccccc2n1C(F)F. The van der Waals surface area contributed by atoms with E-state index in [0.29, 0.717) is 16.6 Å². The minimum atomic E-state index is -2.76. The van der Waals surface area contributed by atoms with Crippen molar-refractivity contribution in [2.75, 3.05) is 0 Å². The fraction of sp³-hybridized carbons (Fsp3) is 0.200. The van der Waals surface area contributed by atoms with E-state index in [2.05, 4.69) is 4.98 Å². The Morgan fingerprint density at radius 2 is 2.09 bits per heavy atom. The van der Waals surface area contributed by atoms with E-state index >= 15 is 0 Å². The van der Waals surface area contributed by atoms with Crippen molar-refractivity contribution >= 4 is 28.3 Å². The topological polar surface area (TPSA) is 44.1 Å². The zero-order valence-electron chi connectivity index (χ0n) is 11.6. The molecule has 2 heterocycles. The van der Waals surface area contributed by atoms with Crippen LogP contribution in [-0.2, 0) is 4.74 Å². The van der Waals surface area contributed by atoms with Crippen LogP contribution in [0.2, 0.25) is 0 Å². The quantitative estimate of drug-likeness (QED) is 0.668. The molecule has 4 nitrogen and oxygen atoms in total. The van der Waals surface area contributed by atoms with Crippen LogP contribution in [0.5, 0.6) is 0 Å². The summed E-state index contributed by atoms with van der Waals surface area (Å²) in [4.78, 5) is 16.1. The number of ether oxygens (including phenoxy) is 1. The van der Waals surface area contributed by atoms with E-state index in [1.165, 1.54) is 18.3 Å². The van der Waals surface area contributed by atoms with Crippen molar-refractivity contribution in [2.45, 2.75) is 19.6 Å². The van der Waals surface area contributed by atoms with Gasteiger partial charge in [0.05, 0.1) is 16.6 Å². The van der Waals surface area contributed by atoms with Gasteiger partial charge in [-0.3, -0.25) is 4.57 Å². The van der Waals surface area contributed by atoms with Gasteiger partial charge in [0.25, 0.3) is 0 Å². The van der Waals surface area contributed by atoms with Gasteiger partial charge in [-0.15, -0.1) is 0 Å². The van der Waals surface area contributed by atoms with Crippen molar-refractivity contribution in [2.24, 2.45) is 0 Å². The highest BCUT2D eigenvalue weighted by molar-refractivity contribution is 7.08. The summed E-state index contributed by atoms with van der Waals surface area (Å²) in [5.41, 5.74) is 1.15. The van der Waals surface area contributed by atoms with Crippen molar-refractivity contribution < 1.29 is 18.3 Å². The number of thiophene rings is 1. The summed E-state index contributed by atoms with van der Waals surface area (Å²) in [5, 5.41) is 3.39. The molecule has 0 saturated carbocycles. The number of fused-ring (bicyclic) bond motifs is 1. The first kappa shape index (κ1) is 14.6. The molecule has 0 fully saturated rings. The van der Waals surface area contributed by atoms with Crippen molar-refractivity contribution in [3.63, 3.8) is 0 Å². The Bertz CT molecular complexity index is 799. The van der Waals surface area contributed by atoms with Crippen LogP contribution in [0.1, 0.15) is 35.8 Å². The molecule has 0 aliphatic rings. The Morgan fingerprint density at radius 3 is 2.77 bits per heavy atom. The highest BCUT2D eigenvalue weighted by atomic mass is 32.1. The number of esters is 1. The Morgan fingerprint density at radius 1 is 1.32 bits per heavy atom. The highest BCUT2D eigenvalue weighted by Gasteiger charge is 2.24. The molecule has 2 aromatic heterocycles. The zero-order valence-corrected chi connectivity index (χ0v) is 12.4. The minimum absolute atomic E-state index is 0.0276. The minimum Gasteiger partial charge on any atom is -0.451 e. The number of nitrogens with zero attached hydrogens (tertiary/aromatic N) is 2. The van der Waals surface area contributed by atoms with E-state index in [0.717, 1.165) is 4.57 Å². The van der Waals surface area contributed by atoms with Gasteiger partial charge in [0, 0.05) is 5.38 Å². The van der Waals surface area contributed by atoms with Gasteiger partial charge in [-0.05, 0) is 30.5 Å². The summed E-state index contributed by atoms with van der Waals surface area (Å²) in [5.74, 6) is -0.526. The zero-order chi connectivity index (χ0) is 15.7. The van der Waals surface area contributed by atoms with E-state index in [9.17, 15) is 13.6 Å². The molecule has 3 rings (SSSR count). The molecule has 1 atom stereocenters. The first-order valence-electron chi connectivity index (χ1n) is 6.56. The fourth-order valence-corrected chi connectivity index (χ4v) is 2.84. The summed E-state index contributed by atoms with van der Waals surface area (Å²) < 4.78 is 32.7. The smallest absolute Gasteiger partial charge is 0.339 e. The second-order valence-electron chi connectivity index (χ2n) is 4.67. The first-order chi connectivity index (χ1) is 10.6. The third-order valence-corrected chi connectivity index (χ3v) is 3.91. The van der Waals surface area contributed by atoms with Crippen LogP contribution in [0.3, 0.4) is 0 Å². The molecular weight excluding hydrogens is 310 g/mol. The van der Waals surface area contributed by atoms with Crippen LogP contribution in [0.15, 0.2) is 41.1 Å². The number of hydrogen-bond donors (Lipinski definition) is 0. The lowest BCUT2D eigenvalue weighted by Gasteiger charge is -2.14. The van der Waals surface area contributed by atoms with Gasteiger partial charge in [0.2, 0.25) is 0 Å². The van der Waals surface area contributed by atoms with E-state index in [1.54, 1.807) is 41.1 Å². The van der Waals surface area contributed by atoms with Crippen LogP contribution in [-0.4, -0.2) is 15.5 Å². The highest BCUT2D eigenvalue weighted by Crippen LogP contribution is 2.28. The monoisotopic (exact) mass is 322 g/mol. The van der Waals surface area contributed by atoms with Gasteiger partial charge >= 0.3 is 12.5 Å². The standard InChI is InChI=1S/C15H12F2N2O2S/c1-9(21-14(20)10-6-7-22-8-10)13-18-11-4-2-3-5-12(11)19(13)15(16)17/h2-9,15H,1H3. The molecule has 0 amide bonds. The fourth-order valence-electron chi connectivity index (χ4n) is 2.22. The van der Waals surface area contributed by atoms with E-state index in [1.807, 2.05) is 0 Å². The molecule has 0 saturated heterocycles. The normalized spacial score (nSPS) is 12.7. The predicted octanol–water partition coefficient (Wildman–Crippen LogP) is 4.41. The molecule has 0 aliphatic carbocycles. The number of alkyl halides is 2. The lowest BCUT2D eigenvalue weighted by molar-refractivity contribution is 0.0234. The van der Waals surface area contributed by atoms with Crippen molar-refractivity contribution in [1.29, 1.82) is 0 Å². The first-order valence-corrected chi connectivity index (χ1v) is 7.50. The number of para-hydroxylation sites is 2. The molecule has 0 N–H and O–H groups in total. The molecule has 22 heavy (non-hydrogen) atoms. The van der Waals surface area contributed by atoms with Crippen LogP contribution in [0.25, 0.3) is 11.0 Å². The van der Waals surface area contributed by atoms with Gasteiger partial charge in [-0.1, -0.05) is 12.1 Å². The molecule has 7 heteroatoms. The third kappa shape index (κ3) is 2.59. The number of imidazole rings is 1. The molecule has 0 spiro atoms. The largest absolute Gasteiger partial charge is 0.451 e. The van der Waals surface area contributed by atoms with Gasteiger partial charge in [-0.2, -0.15) is 20.1 Å². The summed E-state index contributed by atoms with van der Waals surface area (Å²) in [6, 6.07) is 8.21. The molecule has 1 unspecified atom stereocenters. The number of rotatable bonds is 4. The number of halogens is 2. The number of aromatic nitrogens is 2. The molecule has 3 aromatic rings. The average molecular weight is 322 g/mol. The Labute approximate surface area is 129 Å². The molecule has 0 bridgehead atoms. The van der Waals surface area contributed by atoms with Gasteiger partial charge in [0.1, 0.15) is 0 Å². The van der Waals surface area contributed by atoms with Crippen molar-refractivity contribution in [3.05, 3.63) is 52.5 Å². The number of carbonyl (C=O) groups excluding carboxylic acids is 1. The predicted molar refractivity (Wildman–Crippen MR) is 79.1 cm³/mol. The summed E-state index contributed by atoms with van der Waals surface area (Å²) in [7, 11) is 0. The third-order valence-electron chi connectivity index (χ3n) is 3.22. The van der Waals surface area contributed by atoms with Gasteiger partial charge in [0.15, 0.2) is 11.9 Å². The summed E-state index contributed by atoms with van der Waals surface area (Å²) >= 11 is 1.36. The van der Waals surface area contributed by atoms with Crippen LogP contribution in [0.4, 0.5) is 8.78 Å². The van der Waals surface area contributed by atoms with E-state index in [4.69, 9.17) is 4.74 Å². The molecule has 114 valence electrons. The van der Waals surface area contributed by atoms with Crippen LogP contribution >= 0.6 is 11.3 Å². The lowest BCUT2D eigenvalue weighted by Crippen LogP contribution is -2.14. The second-order valence-corrected chi connectivity index (χ2v) is 5.45. The van der Waals surface area contributed by atoms with E-state index in [-0.39, 0.29) is 5.82 Å². The molecule has 0 radical (unpaired) electrons. The second kappa shape index (κ2) is 5.84. The number of hydrogen-bond acceptors (Lipinski definition) is 4. The van der Waals surface area contributed by atoms with Crippen LogP contribution < -0.4 is 0 Å². The van der Waals surface area contributed by atoms with Gasteiger partial charge in [-0.25, -0.2) is 9.78 Å². The Hall–Kier alpha value is -2.28. The molecular formula is C15H12F2N2O2S. The van der Waals surface area contributed by atoms with Gasteiger partial charge < -0.3 is 4.74 Å². The summed E-state index contributed by atoms with van der Waals surface area (Å²) in [6.45, 7) is -1.23. The number of carbonyl (C=O) groups is 1. The summed E-state index contributed by atoms with van der Waals surface area (Å²) in [6.07, 6.45) is -0.881. The lowest BCUT2D eigenvalue weighted by atomic mass is 10.3. The van der Waals surface area contributed by atoms with E-state index < -0.39 is 18.6 Å². The Kier molecular flexibility index (Phi) is 3.89. The molecule has 1 aromatic carbocycles. The maximum Gasteiger partial charge on any atom is 0.339 e. The maximum absolute atomic E-state index is 13.3. The van der Waals surface area contributed by atoms with Crippen molar-refractivity contribution in [1.82, 2.24) is 9.55 Å². The Balaban J connectivity index is 1.95. The molecule has 0 aliphatic heterocycles. The van der Waals surface area contributed by atoms with Crippen LogP contribution in [0, 0.1) is 0 Å².